The van der Waals surface area contributed by atoms with Crippen LogP contribution in [0.3, 0.4) is 0 Å². The molecule has 3 radical (unpaired) electrons. The van der Waals surface area contributed by atoms with Crippen LogP contribution in [0.2, 0.25) is 0 Å². The first-order valence-corrected chi connectivity index (χ1v) is 1.31. The summed E-state index contributed by atoms with van der Waals surface area (Å²) in [6, 6.07) is 0. The van der Waals surface area contributed by atoms with Gasteiger partial charge in [0.15, 0.2) is 0 Å². The van der Waals surface area contributed by atoms with Crippen LogP contribution in [0.15, 0.2) is 0 Å². The van der Waals surface area contributed by atoms with Gasteiger partial charge in [-0.05, 0) is 0 Å². The Morgan fingerprint density at radius 1 is 1.50 bits per heavy atom. The van der Waals surface area contributed by atoms with Gasteiger partial charge in [0.25, 0.3) is 0 Å². The van der Waals surface area contributed by atoms with Crippen molar-refractivity contribution < 1.29 is 5.11 Å². The normalized spacial score (nSPS) is 3.00. The van der Waals surface area contributed by atoms with Gasteiger partial charge in [0.1, 0.15) is 10.4 Å². The third-order valence-electron chi connectivity index (χ3n) is 0. The van der Waals surface area contributed by atoms with E-state index in [-0.39, 0.29) is 0 Å². The van der Waals surface area contributed by atoms with Crippen LogP contribution in [0, 0.1) is 0 Å². The number of hydrogen-bond donors (Lipinski definition) is 2. The summed E-state index contributed by atoms with van der Waals surface area (Å²) in [6.07, 6.45) is 0. The van der Waals surface area contributed by atoms with E-state index in [4.69, 9.17) is 5.11 Å². The van der Waals surface area contributed by atoms with Gasteiger partial charge in [-0.15, -0.1) is 0 Å². The number of aliphatic hydroxyl groups is 1. The summed E-state index contributed by atoms with van der Waals surface area (Å²) in [5, 5.41) is 11.3. The first kappa shape index (κ1) is 8.91. The zero-order valence-corrected chi connectivity index (χ0v) is 3.52. The highest BCUT2D eigenvalue weighted by molar-refractivity contribution is 6.02. The smallest absolute Gasteiger partial charge is 0.137 e. The Hall–Kier alpha value is 0.137. The van der Waals surface area contributed by atoms with Crippen LogP contribution >= 0.6 is 0 Å². The van der Waals surface area contributed by atoms with Crippen LogP contribution in [0.4, 0.5) is 0 Å². The molecule has 0 spiro atoms. The van der Waals surface area contributed by atoms with Crippen molar-refractivity contribution in [2.45, 2.75) is 0 Å². The van der Waals surface area contributed by atoms with E-state index >= 15 is 0 Å². The Morgan fingerprint density at radius 2 is 1.50 bits per heavy atom. The maximum Gasteiger partial charge on any atom is 0.137 e. The van der Waals surface area contributed by atoms with Crippen molar-refractivity contribution in [1.82, 2.24) is 0 Å². The van der Waals surface area contributed by atoms with E-state index in [9.17, 15) is 0 Å². The molecule has 0 amide bonds. The first-order chi connectivity index (χ1) is 2.00. The van der Waals surface area contributed by atoms with E-state index in [1.165, 1.54) is 0 Å². The molecular weight excluding hydrogens is 70.1 g/mol. The Labute approximate surface area is 29.1 Å². The number of rotatable bonds is 0. The monoisotopic (exact) mass is 76.0 g/mol. The second-order valence-corrected chi connectivity index (χ2v) is 0. The molecule has 0 aliphatic heterocycles. The molecule has 3 heteroatoms. The third-order valence-corrected chi connectivity index (χ3v) is 0. The quantitative estimate of drug-likeness (QED) is 0.350. The Morgan fingerprint density at radius 3 is 1.50 bits per heavy atom. The number of hydrogen-bond acceptors (Lipinski definition) is 2. The average molecular weight is 76.2 g/mol. The summed E-state index contributed by atoms with van der Waals surface area (Å²) >= 11 is 0. The van der Waals surface area contributed by atoms with Crippen LogP contribution in [-0.4, -0.2) is 22.6 Å². The van der Waals surface area contributed by atoms with E-state index in [0.717, 1.165) is 7.11 Å². The van der Waals surface area contributed by atoms with E-state index in [2.05, 4.69) is 15.8 Å². The number of nitrogens with two attached hydrogens (primary N) is 1. The Bertz CT molecular complexity index is 8.00. The summed E-state index contributed by atoms with van der Waals surface area (Å²) in [6.45, 7) is 0. The summed E-state index contributed by atoms with van der Waals surface area (Å²) < 4.78 is 0. The molecular formula is CH6NOSi. The van der Waals surface area contributed by atoms with Crippen molar-refractivity contribution in [2.75, 3.05) is 7.11 Å². The molecule has 0 aromatic rings. The average Bonchev–Trinajstić information content (AvgIpc) is 1.50. The second-order valence-electron chi connectivity index (χ2n) is 0. The SMILES string of the molecule is CO.N[Si]. The van der Waals surface area contributed by atoms with Crippen molar-refractivity contribution in [3.05, 3.63) is 0 Å². The lowest BCUT2D eigenvalue weighted by Gasteiger charge is -1.21. The minimum Gasteiger partial charge on any atom is -0.400 e. The van der Waals surface area contributed by atoms with Crippen LogP contribution in [0.25, 0.3) is 0 Å². The van der Waals surface area contributed by atoms with Gasteiger partial charge in [0.2, 0.25) is 0 Å². The van der Waals surface area contributed by atoms with Gasteiger partial charge in [0, 0.05) is 7.11 Å². The maximum absolute atomic E-state index is 7.00. The van der Waals surface area contributed by atoms with Crippen molar-refractivity contribution in [3.63, 3.8) is 0 Å². The molecule has 0 rings (SSSR count). The van der Waals surface area contributed by atoms with E-state index in [1.54, 1.807) is 0 Å². The van der Waals surface area contributed by atoms with Crippen LogP contribution in [-0.2, 0) is 0 Å². The molecule has 4 heavy (non-hydrogen) atoms. The highest BCUT2D eigenvalue weighted by atomic mass is 28.2. The highest BCUT2D eigenvalue weighted by Gasteiger charge is 0.921. The lowest BCUT2D eigenvalue weighted by Crippen LogP contribution is -1.75. The lowest BCUT2D eigenvalue weighted by molar-refractivity contribution is 0.399. The van der Waals surface area contributed by atoms with Crippen molar-refractivity contribution in [3.8, 4) is 0 Å². The molecule has 0 aliphatic rings. The summed E-state index contributed by atoms with van der Waals surface area (Å²) in [7, 11) is 3.47. The predicted octanol–water partition coefficient (Wildman–Crippen LogP) is -1.36. The van der Waals surface area contributed by atoms with Gasteiger partial charge in [-0.1, -0.05) is 0 Å². The van der Waals surface area contributed by atoms with Gasteiger partial charge in [-0.2, -0.15) is 0 Å². The van der Waals surface area contributed by atoms with Crippen LogP contribution in [0.5, 0.6) is 0 Å². The minimum atomic E-state index is 1.00. The molecule has 0 saturated carbocycles. The molecule has 0 heterocycles. The molecule has 0 aromatic carbocycles. The van der Waals surface area contributed by atoms with E-state index in [0.29, 0.717) is 0 Å². The van der Waals surface area contributed by atoms with Gasteiger partial charge in [0.05, 0.1) is 0 Å². The second kappa shape index (κ2) is 764. The minimum absolute atomic E-state index is 1.00. The summed E-state index contributed by atoms with van der Waals surface area (Å²) in [4.78, 5) is 0. The molecule has 0 saturated heterocycles. The van der Waals surface area contributed by atoms with Crippen molar-refractivity contribution in [2.24, 2.45) is 5.40 Å². The summed E-state index contributed by atoms with van der Waals surface area (Å²) in [5.74, 6) is 0. The number of aliphatic hydroxyl groups excluding tert-OH is 1. The fourth-order valence-electron chi connectivity index (χ4n) is 0. The molecule has 0 atom stereocenters. The van der Waals surface area contributed by atoms with Crippen LogP contribution in [0.1, 0.15) is 0 Å². The Balaban J connectivity index is 0. The first-order valence-electron chi connectivity index (χ1n) is 0.736. The Kier molecular flexibility index (Phi) is 1700. The molecule has 0 unspecified atom stereocenters. The maximum atomic E-state index is 7.00. The molecule has 25 valence electrons. The molecule has 0 aromatic heterocycles. The van der Waals surface area contributed by atoms with Gasteiger partial charge in [-0.25, -0.2) is 0 Å². The zero-order chi connectivity index (χ0) is 4.00. The third kappa shape index (κ3) is 147. The largest absolute Gasteiger partial charge is 0.400 e. The molecule has 0 bridgehead atoms. The fraction of sp³-hybridized carbons (Fsp3) is 1.00. The van der Waals surface area contributed by atoms with E-state index in [1.807, 2.05) is 0 Å². The van der Waals surface area contributed by atoms with Crippen LogP contribution < -0.4 is 5.40 Å². The molecule has 2 nitrogen and oxygen atoms in total. The fourth-order valence-corrected chi connectivity index (χ4v) is 0. The summed E-state index contributed by atoms with van der Waals surface area (Å²) in [5.41, 5.74) is 0. The molecule has 0 aliphatic carbocycles. The highest BCUT2D eigenvalue weighted by Crippen LogP contribution is 0.755. The molecule has 3 N–H and O–H groups in total. The van der Waals surface area contributed by atoms with Gasteiger partial charge in [-0.3, -0.25) is 0 Å². The van der Waals surface area contributed by atoms with Gasteiger partial charge < -0.3 is 10.5 Å². The standard InChI is InChI=1S/CH4O.H2NSi/c2*1-2/h2H,1H3;1H2. The van der Waals surface area contributed by atoms with Crippen molar-refractivity contribution >= 4 is 10.4 Å². The van der Waals surface area contributed by atoms with E-state index < -0.39 is 0 Å². The lowest BCUT2D eigenvalue weighted by atomic mass is 11.8. The van der Waals surface area contributed by atoms with Crippen molar-refractivity contribution in [1.29, 1.82) is 0 Å². The molecule has 0 fully saturated rings. The topological polar surface area (TPSA) is 46.2 Å². The predicted molar refractivity (Wildman–Crippen MR) is 18.1 cm³/mol. The zero-order valence-electron chi connectivity index (χ0n) is 2.52. The van der Waals surface area contributed by atoms with Gasteiger partial charge >= 0.3 is 0 Å².